The fourth-order valence-electron chi connectivity index (χ4n) is 2.57. The molecule has 5 N–H and O–H groups in total. The van der Waals surface area contributed by atoms with E-state index >= 15 is 0 Å². The highest BCUT2D eigenvalue weighted by molar-refractivity contribution is 6.34. The first-order valence-corrected chi connectivity index (χ1v) is 9.76. The lowest BCUT2D eigenvalue weighted by atomic mass is 10.1. The summed E-state index contributed by atoms with van der Waals surface area (Å²) in [5, 5.41) is 13.5. The fraction of sp³-hybridized carbons (Fsp3) is 0.300. The number of hydrogen-bond acceptors (Lipinski definition) is 7. The molecular weight excluding hydrogens is 428 g/mol. The van der Waals surface area contributed by atoms with E-state index in [1.165, 1.54) is 6.07 Å². The number of amides is 2. The van der Waals surface area contributed by atoms with E-state index in [1.54, 1.807) is 0 Å². The molecule has 166 valence electrons. The van der Waals surface area contributed by atoms with Crippen molar-refractivity contribution >= 4 is 29.3 Å². The first-order chi connectivity index (χ1) is 14.8. The molecule has 0 bridgehead atoms. The molecule has 2 rings (SSSR count). The molecule has 0 aliphatic rings. The molecule has 0 fully saturated rings. The minimum absolute atomic E-state index is 0.0146. The van der Waals surface area contributed by atoms with Crippen LogP contribution in [-0.2, 0) is 11.3 Å². The Morgan fingerprint density at radius 2 is 1.94 bits per heavy atom. The number of ether oxygens (including phenoxy) is 2. The van der Waals surface area contributed by atoms with Crippen molar-refractivity contribution in [2.45, 2.75) is 25.4 Å². The summed E-state index contributed by atoms with van der Waals surface area (Å²) in [6.45, 7) is 0.515. The van der Waals surface area contributed by atoms with E-state index in [2.05, 4.69) is 5.32 Å². The zero-order valence-electron chi connectivity index (χ0n) is 16.6. The normalized spacial score (nSPS) is 11.4. The summed E-state index contributed by atoms with van der Waals surface area (Å²) in [7, 11) is 0. The number of nitro benzene ring substituents is 1. The summed E-state index contributed by atoms with van der Waals surface area (Å²) in [5.74, 6) is -0.909. The number of rotatable bonds is 11. The summed E-state index contributed by atoms with van der Waals surface area (Å²) < 4.78 is 10.5. The van der Waals surface area contributed by atoms with E-state index < -0.39 is 28.7 Å². The Morgan fingerprint density at radius 1 is 1.23 bits per heavy atom. The predicted molar refractivity (Wildman–Crippen MR) is 114 cm³/mol. The Bertz CT molecular complexity index is 925. The van der Waals surface area contributed by atoms with Gasteiger partial charge in [-0.15, -0.1) is 0 Å². The fourth-order valence-corrected chi connectivity index (χ4v) is 2.81. The quantitative estimate of drug-likeness (QED) is 0.269. The van der Waals surface area contributed by atoms with Gasteiger partial charge in [-0.25, -0.2) is 4.79 Å². The predicted octanol–water partition coefficient (Wildman–Crippen LogP) is 2.76. The number of primary amides is 1. The van der Waals surface area contributed by atoms with Gasteiger partial charge in [0.05, 0.1) is 11.5 Å². The largest absolute Gasteiger partial charge is 0.490 e. The van der Waals surface area contributed by atoms with Crippen LogP contribution in [0.15, 0.2) is 42.5 Å². The van der Waals surface area contributed by atoms with Crippen molar-refractivity contribution in [2.75, 3.05) is 13.2 Å². The molecule has 10 nitrogen and oxygen atoms in total. The monoisotopic (exact) mass is 450 g/mol. The lowest BCUT2D eigenvalue weighted by Crippen LogP contribution is -2.29. The van der Waals surface area contributed by atoms with E-state index in [0.717, 1.165) is 11.6 Å². The highest BCUT2D eigenvalue weighted by Gasteiger charge is 2.21. The number of halogens is 1. The maximum absolute atomic E-state index is 11.7. The van der Waals surface area contributed by atoms with Gasteiger partial charge in [0.15, 0.2) is 5.02 Å². The van der Waals surface area contributed by atoms with Gasteiger partial charge in [-0.3, -0.25) is 14.9 Å². The Balaban J connectivity index is 1.74. The smallest absolute Gasteiger partial charge is 0.407 e. The number of benzene rings is 2. The van der Waals surface area contributed by atoms with Crippen molar-refractivity contribution < 1.29 is 24.0 Å². The second kappa shape index (κ2) is 11.7. The third kappa shape index (κ3) is 7.76. The average molecular weight is 451 g/mol. The standard InChI is InChI=1S/C20H23ClN4O6/c21-18-16(25(28)29)9-14(19(23)26)10-17(18)31-12-15(22)7-4-8-30-20(27)24-11-13-5-2-1-3-6-13/h1-3,5-6,9-10,15H,4,7-8,11-12,22H2,(H2,23,26)(H,24,27)/t15-/m0/s1. The van der Waals surface area contributed by atoms with E-state index in [-0.39, 0.29) is 29.5 Å². The molecule has 0 spiro atoms. The van der Waals surface area contributed by atoms with Crippen LogP contribution in [0.1, 0.15) is 28.8 Å². The molecule has 0 heterocycles. The molecule has 31 heavy (non-hydrogen) atoms. The molecule has 2 amide bonds. The Kier molecular flexibility index (Phi) is 9.04. The van der Waals surface area contributed by atoms with Crippen LogP contribution in [0.4, 0.5) is 10.5 Å². The summed E-state index contributed by atoms with van der Waals surface area (Å²) in [6, 6.07) is 11.2. The van der Waals surface area contributed by atoms with Gasteiger partial charge in [-0.2, -0.15) is 0 Å². The SMILES string of the molecule is NC(=O)c1cc(OC[C@@H](N)CCCOC(=O)NCc2ccccc2)c(Cl)c([N+](=O)[O-])c1. The van der Waals surface area contributed by atoms with E-state index in [1.807, 2.05) is 30.3 Å². The Hall–Kier alpha value is -3.37. The van der Waals surface area contributed by atoms with Crippen molar-refractivity contribution in [3.63, 3.8) is 0 Å². The van der Waals surface area contributed by atoms with E-state index in [4.69, 9.17) is 32.5 Å². The average Bonchev–Trinajstić information content (AvgIpc) is 2.74. The van der Waals surface area contributed by atoms with Gasteiger partial charge in [0, 0.05) is 24.2 Å². The van der Waals surface area contributed by atoms with Gasteiger partial charge in [0.25, 0.3) is 5.69 Å². The molecule has 0 saturated carbocycles. The van der Waals surface area contributed by atoms with Gasteiger partial charge in [-0.05, 0) is 24.5 Å². The number of nitrogens with zero attached hydrogens (tertiary/aromatic N) is 1. The van der Waals surface area contributed by atoms with Crippen molar-refractivity contribution in [3.05, 3.63) is 68.7 Å². The molecule has 2 aromatic carbocycles. The lowest BCUT2D eigenvalue weighted by molar-refractivity contribution is -0.384. The topological polar surface area (TPSA) is 160 Å². The summed E-state index contributed by atoms with van der Waals surface area (Å²) >= 11 is 5.98. The van der Waals surface area contributed by atoms with Gasteiger partial charge in [0.2, 0.25) is 5.91 Å². The zero-order chi connectivity index (χ0) is 22.8. The van der Waals surface area contributed by atoms with Gasteiger partial charge >= 0.3 is 6.09 Å². The van der Waals surface area contributed by atoms with Crippen LogP contribution in [0.2, 0.25) is 5.02 Å². The number of nitro groups is 1. The summed E-state index contributed by atoms with van der Waals surface area (Å²) in [5.41, 5.74) is 11.5. The second-order valence-corrected chi connectivity index (χ2v) is 7.00. The first kappa shape index (κ1) is 23.9. The van der Waals surface area contributed by atoms with E-state index in [0.29, 0.717) is 19.4 Å². The van der Waals surface area contributed by atoms with Crippen molar-refractivity contribution in [2.24, 2.45) is 11.5 Å². The van der Waals surface area contributed by atoms with Crippen molar-refractivity contribution in [1.82, 2.24) is 5.32 Å². The Morgan fingerprint density at radius 3 is 2.58 bits per heavy atom. The third-order valence-corrected chi connectivity index (χ3v) is 4.57. The minimum Gasteiger partial charge on any atom is -0.490 e. The van der Waals surface area contributed by atoms with Crippen LogP contribution in [-0.4, -0.2) is 36.2 Å². The zero-order valence-corrected chi connectivity index (χ0v) is 17.3. The van der Waals surface area contributed by atoms with Crippen LogP contribution in [0.5, 0.6) is 5.75 Å². The molecule has 0 saturated heterocycles. The van der Waals surface area contributed by atoms with Gasteiger partial charge < -0.3 is 26.3 Å². The maximum atomic E-state index is 11.7. The van der Waals surface area contributed by atoms with Crippen LogP contribution < -0.4 is 21.5 Å². The highest BCUT2D eigenvalue weighted by Crippen LogP contribution is 2.35. The molecule has 0 aliphatic carbocycles. The highest BCUT2D eigenvalue weighted by atomic mass is 35.5. The van der Waals surface area contributed by atoms with Crippen LogP contribution in [0.3, 0.4) is 0 Å². The summed E-state index contributed by atoms with van der Waals surface area (Å²) in [6.07, 6.45) is 0.413. The second-order valence-electron chi connectivity index (χ2n) is 6.62. The molecule has 0 radical (unpaired) electrons. The molecule has 0 unspecified atom stereocenters. The van der Waals surface area contributed by atoms with E-state index in [9.17, 15) is 19.7 Å². The Labute approximate surface area is 183 Å². The van der Waals surface area contributed by atoms with Crippen molar-refractivity contribution in [1.29, 1.82) is 0 Å². The van der Waals surface area contributed by atoms with Gasteiger partial charge in [0.1, 0.15) is 12.4 Å². The summed E-state index contributed by atoms with van der Waals surface area (Å²) in [4.78, 5) is 33.4. The number of carbonyl (C=O) groups excluding carboxylic acids is 2. The van der Waals surface area contributed by atoms with Crippen LogP contribution in [0, 0.1) is 10.1 Å². The van der Waals surface area contributed by atoms with Crippen molar-refractivity contribution in [3.8, 4) is 5.75 Å². The molecule has 0 aliphatic heterocycles. The number of carbonyl (C=O) groups is 2. The third-order valence-electron chi connectivity index (χ3n) is 4.19. The number of nitrogens with one attached hydrogen (secondary N) is 1. The maximum Gasteiger partial charge on any atom is 0.407 e. The molecule has 0 aromatic heterocycles. The minimum atomic E-state index is -0.850. The molecule has 1 atom stereocenters. The number of hydrogen-bond donors (Lipinski definition) is 3. The molecular formula is C20H23ClN4O6. The first-order valence-electron chi connectivity index (χ1n) is 9.38. The molecule has 11 heteroatoms. The molecule has 2 aromatic rings. The van der Waals surface area contributed by atoms with Gasteiger partial charge in [-0.1, -0.05) is 41.9 Å². The number of nitrogens with two attached hydrogens (primary N) is 2. The van der Waals surface area contributed by atoms with Crippen LogP contribution >= 0.6 is 11.6 Å². The van der Waals surface area contributed by atoms with Crippen LogP contribution in [0.25, 0.3) is 0 Å². The lowest BCUT2D eigenvalue weighted by Gasteiger charge is -2.15. The number of alkyl carbamates (subject to hydrolysis) is 1.